The van der Waals surface area contributed by atoms with Crippen LogP contribution in [0.2, 0.25) is 0 Å². The summed E-state index contributed by atoms with van der Waals surface area (Å²) in [6.07, 6.45) is 0.704. The Morgan fingerprint density at radius 2 is 1.47 bits per heavy atom. The number of hydrogen-bond acceptors (Lipinski definition) is 8. The van der Waals surface area contributed by atoms with Crippen LogP contribution in [-0.2, 0) is 22.6 Å². The Morgan fingerprint density at radius 1 is 0.863 bits per heavy atom. The van der Waals surface area contributed by atoms with Gasteiger partial charge < -0.3 is 19.5 Å². The van der Waals surface area contributed by atoms with Gasteiger partial charge in [0.25, 0.3) is 0 Å². The number of esters is 1. The van der Waals surface area contributed by atoms with Gasteiger partial charge in [-0.2, -0.15) is 0 Å². The molecule has 0 aliphatic heterocycles. The van der Waals surface area contributed by atoms with Gasteiger partial charge >= 0.3 is 12.1 Å². The lowest BCUT2D eigenvalue weighted by molar-refractivity contribution is -0.153. The van der Waals surface area contributed by atoms with Crippen LogP contribution >= 0.6 is 0 Å². The highest BCUT2D eigenvalue weighted by molar-refractivity contribution is 6.01. The maximum Gasteiger partial charge on any atom is 0.413 e. The van der Waals surface area contributed by atoms with Gasteiger partial charge in [0.15, 0.2) is 12.0 Å². The van der Waals surface area contributed by atoms with Crippen LogP contribution in [0.5, 0.6) is 11.5 Å². The van der Waals surface area contributed by atoms with E-state index in [0.29, 0.717) is 29.3 Å². The zero-order chi connectivity index (χ0) is 37.0. The number of fused-ring (bicyclic) bond motifs is 1. The lowest BCUT2D eigenvalue weighted by Crippen LogP contribution is -2.36. The number of ether oxygens (including phenoxy) is 3. The minimum atomic E-state index is -0.921. The normalized spacial score (nSPS) is 11.1. The number of aromatic nitrogens is 1. The van der Waals surface area contributed by atoms with Gasteiger partial charge in [0.1, 0.15) is 35.3 Å². The van der Waals surface area contributed by atoms with Crippen molar-refractivity contribution in [1.82, 2.24) is 15.2 Å². The summed E-state index contributed by atoms with van der Waals surface area (Å²) in [4.78, 5) is 45.1. The highest BCUT2D eigenvalue weighted by atomic mass is 19.1. The number of amides is 1. The van der Waals surface area contributed by atoms with E-state index in [-0.39, 0.29) is 29.4 Å². The third kappa shape index (κ3) is 10.4. The molecule has 5 rings (SSSR count). The topological polar surface area (TPSA) is 107 Å². The summed E-state index contributed by atoms with van der Waals surface area (Å²) in [6.45, 7) is 9.26. The fourth-order valence-electron chi connectivity index (χ4n) is 5.42. The second kappa shape index (κ2) is 17.9. The second-order valence-corrected chi connectivity index (χ2v) is 12.5. The molecule has 9 nitrogen and oxygen atoms in total. The van der Waals surface area contributed by atoms with Crippen molar-refractivity contribution in [2.24, 2.45) is 0 Å². The predicted octanol–water partition coefficient (Wildman–Crippen LogP) is 8.44. The minimum Gasteiger partial charge on any atom is -0.478 e. The maximum atomic E-state index is 13.6. The van der Waals surface area contributed by atoms with E-state index in [2.05, 4.69) is 10.3 Å². The quantitative estimate of drug-likeness (QED) is 0.103. The fourth-order valence-corrected chi connectivity index (χ4v) is 5.42. The number of aldehydes is 1. The lowest BCUT2D eigenvalue weighted by Gasteiger charge is -2.26. The number of nitrogens with one attached hydrogen (secondary N) is 1. The molecule has 0 spiro atoms. The van der Waals surface area contributed by atoms with E-state index in [1.54, 1.807) is 51.2 Å². The van der Waals surface area contributed by atoms with E-state index in [1.165, 1.54) is 12.1 Å². The third-order valence-corrected chi connectivity index (χ3v) is 7.46. The molecule has 0 aliphatic rings. The monoisotopic (exact) mass is 693 g/mol. The van der Waals surface area contributed by atoms with Crippen molar-refractivity contribution in [3.63, 3.8) is 0 Å². The number of nitrogens with zero attached hydrogens (tertiary/aromatic N) is 2. The van der Waals surface area contributed by atoms with Crippen molar-refractivity contribution < 1.29 is 33.0 Å². The first-order chi connectivity index (χ1) is 24.5. The van der Waals surface area contributed by atoms with Gasteiger partial charge in [0, 0.05) is 30.2 Å². The number of rotatable bonds is 12. The molecule has 51 heavy (non-hydrogen) atoms. The summed E-state index contributed by atoms with van der Waals surface area (Å²) in [6, 6.07) is 28.8. The van der Waals surface area contributed by atoms with Gasteiger partial charge in [-0.1, -0.05) is 86.6 Å². The maximum absolute atomic E-state index is 13.6. The minimum absolute atomic E-state index is 0.0844. The summed E-state index contributed by atoms with van der Waals surface area (Å²) in [5.41, 5.74) is 2.62. The van der Waals surface area contributed by atoms with Crippen molar-refractivity contribution in [2.75, 3.05) is 13.6 Å². The Balaban J connectivity index is 0.00000286. The molecule has 1 amide bonds. The zero-order valence-electron chi connectivity index (χ0n) is 29.8. The Bertz CT molecular complexity index is 1870. The van der Waals surface area contributed by atoms with Crippen LogP contribution in [0.4, 0.5) is 9.18 Å². The molecule has 1 N–H and O–H groups in total. The molecule has 0 bridgehead atoms. The molecule has 0 aliphatic carbocycles. The lowest BCUT2D eigenvalue weighted by atomic mass is 9.98. The third-order valence-electron chi connectivity index (χ3n) is 7.46. The predicted molar refractivity (Wildman–Crippen MR) is 195 cm³/mol. The molecule has 1 aromatic heterocycles. The average molecular weight is 694 g/mol. The van der Waals surface area contributed by atoms with Crippen molar-refractivity contribution in [3.05, 3.63) is 137 Å². The Hall–Kier alpha value is -5.61. The van der Waals surface area contributed by atoms with Gasteiger partial charge in [-0.25, -0.2) is 9.18 Å². The summed E-state index contributed by atoms with van der Waals surface area (Å²) >= 11 is 0. The number of carbonyl (C=O) groups excluding carboxylic acids is 3. The van der Waals surface area contributed by atoms with Gasteiger partial charge in [0.2, 0.25) is 0 Å². The van der Waals surface area contributed by atoms with Gasteiger partial charge in [-0.3, -0.25) is 19.5 Å². The summed E-state index contributed by atoms with van der Waals surface area (Å²) in [5.74, 6) is -0.686. The van der Waals surface area contributed by atoms with Crippen molar-refractivity contribution in [3.8, 4) is 11.5 Å². The summed E-state index contributed by atoms with van der Waals surface area (Å²) in [7, 11) is 1.83. The van der Waals surface area contributed by atoms with Gasteiger partial charge in [-0.05, 0) is 68.8 Å². The molecule has 4 aromatic carbocycles. The van der Waals surface area contributed by atoms with Crippen LogP contribution in [0.3, 0.4) is 0 Å². The van der Waals surface area contributed by atoms with E-state index < -0.39 is 30.3 Å². The van der Waals surface area contributed by atoms with Crippen LogP contribution in [0, 0.1) is 5.82 Å². The molecule has 5 aromatic rings. The molecule has 0 atom stereocenters. The van der Waals surface area contributed by atoms with Crippen LogP contribution < -0.4 is 14.8 Å². The first-order valence-corrected chi connectivity index (χ1v) is 16.8. The van der Waals surface area contributed by atoms with Crippen molar-refractivity contribution in [2.45, 2.75) is 59.4 Å². The molecule has 0 saturated heterocycles. The standard InChI is InChI=1S/C39H38FN3O6.C2H6/c1-39(2,3)49-33(45)22-42-38(46)48-36-30-16-11-21-41-34(30)37(47-35(27-12-7-5-8-13-27)28-14-9-6-10-15-28)32(25-44)31(36)24-43(4)23-26-17-19-29(40)20-18-26;1-2/h5-21,25,35H,22-24H2,1-4H3,(H,42,46);1-2H3. The molecule has 10 heteroatoms. The largest absolute Gasteiger partial charge is 0.478 e. The van der Waals surface area contributed by atoms with E-state index in [9.17, 15) is 18.8 Å². The van der Waals surface area contributed by atoms with E-state index in [1.807, 2.05) is 86.5 Å². The first-order valence-electron chi connectivity index (χ1n) is 16.8. The molecule has 0 radical (unpaired) electrons. The van der Waals surface area contributed by atoms with Gasteiger partial charge in [0.05, 0.1) is 5.56 Å². The summed E-state index contributed by atoms with van der Waals surface area (Å²) < 4.78 is 31.6. The molecule has 266 valence electrons. The van der Waals surface area contributed by atoms with E-state index in [4.69, 9.17) is 14.2 Å². The second-order valence-electron chi connectivity index (χ2n) is 12.5. The van der Waals surface area contributed by atoms with Crippen LogP contribution in [0.1, 0.15) is 73.3 Å². The Kier molecular flexibility index (Phi) is 13.4. The molecular formula is C41H44FN3O6. The number of hydrogen-bond donors (Lipinski definition) is 1. The average Bonchev–Trinajstić information content (AvgIpc) is 3.12. The van der Waals surface area contributed by atoms with Crippen molar-refractivity contribution in [1.29, 1.82) is 0 Å². The molecule has 0 fully saturated rings. The van der Waals surface area contributed by atoms with Crippen LogP contribution in [-0.4, -0.2) is 47.4 Å². The van der Waals surface area contributed by atoms with Crippen molar-refractivity contribution >= 4 is 29.3 Å². The number of halogens is 1. The SMILES string of the molecule is CC.CN(Cc1ccc(F)cc1)Cc1c(C=O)c(OC(c2ccccc2)c2ccccc2)c2ncccc2c1OC(=O)NCC(=O)OC(C)(C)C. The smallest absolute Gasteiger partial charge is 0.413 e. The molecule has 0 unspecified atom stereocenters. The number of benzene rings is 4. The Morgan fingerprint density at radius 3 is 2.04 bits per heavy atom. The summed E-state index contributed by atoms with van der Waals surface area (Å²) in [5, 5.41) is 2.86. The van der Waals surface area contributed by atoms with Gasteiger partial charge in [-0.15, -0.1) is 0 Å². The fraction of sp³-hybridized carbons (Fsp3) is 0.268. The van der Waals surface area contributed by atoms with E-state index >= 15 is 0 Å². The highest BCUT2D eigenvalue weighted by Crippen LogP contribution is 2.42. The highest BCUT2D eigenvalue weighted by Gasteiger charge is 2.28. The Labute approximate surface area is 298 Å². The van der Waals surface area contributed by atoms with E-state index in [0.717, 1.165) is 16.7 Å². The number of pyridine rings is 1. The molecule has 0 saturated carbocycles. The van der Waals surface area contributed by atoms with Crippen LogP contribution in [0.25, 0.3) is 10.9 Å². The first kappa shape index (κ1) is 38.2. The molecule has 1 heterocycles. The van der Waals surface area contributed by atoms with Crippen LogP contribution in [0.15, 0.2) is 103 Å². The number of carbonyl (C=O) groups is 3. The zero-order valence-corrected chi connectivity index (χ0v) is 29.8. The molecular weight excluding hydrogens is 649 g/mol.